The van der Waals surface area contributed by atoms with E-state index in [9.17, 15) is 0 Å². The average Bonchev–Trinajstić information content (AvgIpc) is 2.04. The predicted octanol–water partition coefficient (Wildman–Crippen LogP) is -0.876. The fourth-order valence-corrected chi connectivity index (χ4v) is 1.25. The molecule has 1 heterocycles. The van der Waals surface area contributed by atoms with Gasteiger partial charge in [-0.25, -0.2) is 5.90 Å². The van der Waals surface area contributed by atoms with E-state index >= 15 is 0 Å². The summed E-state index contributed by atoms with van der Waals surface area (Å²) in [6.07, 6.45) is 0. The second kappa shape index (κ2) is 4.66. The van der Waals surface area contributed by atoms with Crippen LogP contribution in [0, 0.1) is 0 Å². The van der Waals surface area contributed by atoms with Crippen LogP contribution in [0.25, 0.3) is 0 Å². The summed E-state index contributed by atoms with van der Waals surface area (Å²) < 4.78 is 0. The molecule has 0 radical (unpaired) electrons. The standard InChI is InChI=1S/C7H17N3O/c1-9-2-4-10(5-3-9)6-7-11-8/h2-8H2,1H3. The molecule has 1 rings (SSSR count). The first-order valence-electron chi connectivity index (χ1n) is 4.05. The highest BCUT2D eigenvalue weighted by Crippen LogP contribution is 1.97. The quantitative estimate of drug-likeness (QED) is 0.543. The molecular formula is C7H17N3O. The zero-order chi connectivity index (χ0) is 8.10. The zero-order valence-electron chi connectivity index (χ0n) is 7.12. The number of nitrogens with two attached hydrogens (primary N) is 1. The van der Waals surface area contributed by atoms with E-state index in [0.29, 0.717) is 6.61 Å². The predicted molar refractivity (Wildman–Crippen MR) is 44.1 cm³/mol. The van der Waals surface area contributed by atoms with Gasteiger partial charge < -0.3 is 9.74 Å². The lowest BCUT2D eigenvalue weighted by molar-refractivity contribution is 0.0827. The van der Waals surface area contributed by atoms with Crippen LogP contribution >= 0.6 is 0 Å². The maximum atomic E-state index is 4.94. The Morgan fingerprint density at radius 3 is 2.45 bits per heavy atom. The summed E-state index contributed by atoms with van der Waals surface area (Å²) in [6.45, 7) is 6.20. The third kappa shape index (κ3) is 3.16. The maximum Gasteiger partial charge on any atom is 0.0806 e. The number of likely N-dealkylation sites (N-methyl/N-ethyl adjacent to an activating group) is 1. The molecule has 1 fully saturated rings. The average molecular weight is 159 g/mol. The summed E-state index contributed by atoms with van der Waals surface area (Å²) >= 11 is 0. The van der Waals surface area contributed by atoms with Gasteiger partial charge in [-0.2, -0.15) is 0 Å². The molecule has 4 nitrogen and oxygen atoms in total. The third-order valence-electron chi connectivity index (χ3n) is 2.12. The van der Waals surface area contributed by atoms with Gasteiger partial charge in [-0.15, -0.1) is 0 Å². The largest absolute Gasteiger partial charge is 0.304 e. The first kappa shape index (κ1) is 8.93. The Balaban J connectivity index is 2.07. The van der Waals surface area contributed by atoms with Gasteiger partial charge in [0, 0.05) is 32.7 Å². The molecule has 66 valence electrons. The van der Waals surface area contributed by atoms with Gasteiger partial charge in [0.05, 0.1) is 6.61 Å². The van der Waals surface area contributed by atoms with Crippen molar-refractivity contribution >= 4 is 0 Å². The number of nitrogens with zero attached hydrogens (tertiary/aromatic N) is 2. The molecule has 1 aliphatic rings. The fourth-order valence-electron chi connectivity index (χ4n) is 1.25. The summed E-state index contributed by atoms with van der Waals surface area (Å²) in [7, 11) is 2.15. The summed E-state index contributed by atoms with van der Waals surface area (Å²) in [5.41, 5.74) is 0. The van der Waals surface area contributed by atoms with Gasteiger partial charge in [0.1, 0.15) is 0 Å². The zero-order valence-corrected chi connectivity index (χ0v) is 7.12. The van der Waals surface area contributed by atoms with Crippen molar-refractivity contribution in [1.29, 1.82) is 0 Å². The highest BCUT2D eigenvalue weighted by Gasteiger charge is 2.12. The van der Waals surface area contributed by atoms with E-state index in [4.69, 9.17) is 5.90 Å². The van der Waals surface area contributed by atoms with Gasteiger partial charge in [0.2, 0.25) is 0 Å². The Morgan fingerprint density at radius 1 is 1.27 bits per heavy atom. The SMILES string of the molecule is CN1CCN(CCON)CC1. The summed E-state index contributed by atoms with van der Waals surface area (Å²) in [4.78, 5) is 9.22. The minimum Gasteiger partial charge on any atom is -0.304 e. The molecule has 0 bridgehead atoms. The van der Waals surface area contributed by atoms with E-state index in [2.05, 4.69) is 21.7 Å². The molecule has 0 atom stereocenters. The van der Waals surface area contributed by atoms with E-state index in [-0.39, 0.29) is 0 Å². The Morgan fingerprint density at radius 2 is 1.91 bits per heavy atom. The van der Waals surface area contributed by atoms with E-state index in [1.165, 1.54) is 0 Å². The molecule has 0 spiro atoms. The van der Waals surface area contributed by atoms with Gasteiger partial charge in [-0.3, -0.25) is 4.90 Å². The van der Waals surface area contributed by atoms with Crippen LogP contribution in [0.4, 0.5) is 0 Å². The fraction of sp³-hybridized carbons (Fsp3) is 1.00. The number of hydrogen-bond donors (Lipinski definition) is 1. The minimum atomic E-state index is 0.643. The molecule has 0 saturated carbocycles. The highest BCUT2D eigenvalue weighted by molar-refractivity contribution is 4.68. The summed E-state index contributed by atoms with van der Waals surface area (Å²) in [5, 5.41) is 0. The molecule has 11 heavy (non-hydrogen) atoms. The second-order valence-corrected chi connectivity index (χ2v) is 3.02. The summed E-state index contributed by atoms with van der Waals surface area (Å²) in [6, 6.07) is 0. The number of piperazine rings is 1. The number of rotatable bonds is 3. The van der Waals surface area contributed by atoms with Crippen LogP contribution in [0.5, 0.6) is 0 Å². The van der Waals surface area contributed by atoms with E-state index in [1.807, 2.05) is 0 Å². The van der Waals surface area contributed by atoms with Gasteiger partial charge in [0.15, 0.2) is 0 Å². The lowest BCUT2D eigenvalue weighted by Gasteiger charge is -2.31. The van der Waals surface area contributed by atoms with Crippen molar-refractivity contribution in [3.63, 3.8) is 0 Å². The molecule has 0 aromatic carbocycles. The smallest absolute Gasteiger partial charge is 0.0806 e. The van der Waals surface area contributed by atoms with Crippen LogP contribution < -0.4 is 5.90 Å². The van der Waals surface area contributed by atoms with Crippen molar-refractivity contribution in [2.45, 2.75) is 0 Å². The monoisotopic (exact) mass is 159 g/mol. The Labute approximate surface area is 67.9 Å². The van der Waals surface area contributed by atoms with Crippen molar-refractivity contribution in [3.8, 4) is 0 Å². The summed E-state index contributed by atoms with van der Waals surface area (Å²) in [5.74, 6) is 4.94. The van der Waals surface area contributed by atoms with E-state index in [0.717, 1.165) is 32.7 Å². The normalized spacial score (nSPS) is 22.4. The first-order chi connectivity index (χ1) is 5.33. The second-order valence-electron chi connectivity index (χ2n) is 3.02. The van der Waals surface area contributed by atoms with Crippen molar-refractivity contribution in [2.24, 2.45) is 5.90 Å². The molecule has 4 heteroatoms. The minimum absolute atomic E-state index is 0.643. The molecule has 0 aromatic heterocycles. The van der Waals surface area contributed by atoms with Crippen LogP contribution in [0.2, 0.25) is 0 Å². The van der Waals surface area contributed by atoms with Gasteiger partial charge in [-0.1, -0.05) is 0 Å². The Bertz CT molecular complexity index is 99.1. The lowest BCUT2D eigenvalue weighted by Crippen LogP contribution is -2.45. The molecule has 1 saturated heterocycles. The molecule has 2 N–H and O–H groups in total. The molecule has 0 aromatic rings. The van der Waals surface area contributed by atoms with Gasteiger partial charge >= 0.3 is 0 Å². The van der Waals surface area contributed by atoms with Crippen LogP contribution in [0.1, 0.15) is 0 Å². The molecular weight excluding hydrogens is 142 g/mol. The van der Waals surface area contributed by atoms with Crippen LogP contribution in [0.3, 0.4) is 0 Å². The molecule has 0 aliphatic carbocycles. The van der Waals surface area contributed by atoms with Gasteiger partial charge in [0.25, 0.3) is 0 Å². The Hall–Kier alpha value is -0.160. The van der Waals surface area contributed by atoms with Gasteiger partial charge in [-0.05, 0) is 7.05 Å². The van der Waals surface area contributed by atoms with Crippen molar-refractivity contribution in [1.82, 2.24) is 9.80 Å². The number of hydrogen-bond acceptors (Lipinski definition) is 4. The molecule has 0 amide bonds. The molecule has 0 unspecified atom stereocenters. The Kier molecular flexibility index (Phi) is 3.79. The van der Waals surface area contributed by atoms with Crippen molar-refractivity contribution in [3.05, 3.63) is 0 Å². The maximum absolute atomic E-state index is 4.94. The third-order valence-corrected chi connectivity index (χ3v) is 2.12. The molecule has 1 aliphatic heterocycles. The van der Waals surface area contributed by atoms with Crippen molar-refractivity contribution < 1.29 is 4.84 Å². The highest BCUT2D eigenvalue weighted by atomic mass is 16.6. The lowest BCUT2D eigenvalue weighted by atomic mass is 10.3. The van der Waals surface area contributed by atoms with Crippen LogP contribution in [-0.4, -0.2) is 56.2 Å². The van der Waals surface area contributed by atoms with E-state index < -0.39 is 0 Å². The van der Waals surface area contributed by atoms with E-state index in [1.54, 1.807) is 0 Å². The first-order valence-corrected chi connectivity index (χ1v) is 4.05. The van der Waals surface area contributed by atoms with Crippen molar-refractivity contribution in [2.75, 3.05) is 46.4 Å². The van der Waals surface area contributed by atoms with Crippen LogP contribution in [0.15, 0.2) is 0 Å². The van der Waals surface area contributed by atoms with Crippen LogP contribution in [-0.2, 0) is 4.84 Å². The topological polar surface area (TPSA) is 41.7 Å².